The van der Waals surface area contributed by atoms with Crippen molar-refractivity contribution in [2.75, 3.05) is 12.4 Å². The van der Waals surface area contributed by atoms with E-state index in [1.165, 1.54) is 31.0 Å². The average molecular weight is 531 g/mol. The number of furan rings is 1. The third kappa shape index (κ3) is 4.22. The quantitative estimate of drug-likeness (QED) is 0.449. The molecule has 1 aliphatic heterocycles. The van der Waals surface area contributed by atoms with Crippen LogP contribution in [0.4, 0.5) is 9.93 Å². The second-order valence-corrected chi connectivity index (χ2v) is 11.6. The third-order valence-corrected chi connectivity index (χ3v) is 9.46. The normalized spacial score (nSPS) is 35.1. The molecule has 7 atom stereocenters. The highest BCUT2D eigenvalue weighted by Gasteiger charge is 2.67. The molecule has 37 heavy (non-hydrogen) atoms. The SMILES string of the molecule is COC(=O)[C@@H]1C[C@H](OC(=O)Nc2nc(C)cs2)C(=O)[C@H]2[C@@]1(C)CC[C@H]1C(=O)O[C@H](c3ccoc3)C[C@]21C. The summed E-state index contributed by atoms with van der Waals surface area (Å²) in [6, 6.07) is 1.74. The summed E-state index contributed by atoms with van der Waals surface area (Å²) < 4.78 is 21.7. The van der Waals surface area contributed by atoms with Crippen LogP contribution in [-0.4, -0.2) is 42.0 Å². The maximum atomic E-state index is 14.1. The lowest BCUT2D eigenvalue weighted by molar-refractivity contribution is -0.207. The fourth-order valence-corrected chi connectivity index (χ4v) is 7.59. The van der Waals surface area contributed by atoms with Crippen LogP contribution < -0.4 is 5.32 Å². The minimum Gasteiger partial charge on any atom is -0.472 e. The van der Waals surface area contributed by atoms with Gasteiger partial charge in [-0.3, -0.25) is 19.7 Å². The number of Topliss-reactive ketones (excluding diaryl/α,β-unsaturated/α-hetero) is 1. The molecule has 3 fully saturated rings. The van der Waals surface area contributed by atoms with Crippen molar-refractivity contribution >= 4 is 40.3 Å². The third-order valence-electron chi connectivity index (χ3n) is 8.58. The van der Waals surface area contributed by atoms with Crippen LogP contribution in [0.1, 0.15) is 56.9 Å². The number of thiazole rings is 1. The summed E-state index contributed by atoms with van der Waals surface area (Å²) in [5.74, 6) is -3.08. The number of rotatable bonds is 4. The van der Waals surface area contributed by atoms with Gasteiger partial charge in [0.1, 0.15) is 6.10 Å². The molecule has 0 spiro atoms. The number of cyclic esters (lactones) is 1. The number of fused-ring (bicyclic) bond motifs is 3. The molecule has 0 aromatic carbocycles. The topological polar surface area (TPSA) is 134 Å². The van der Waals surface area contributed by atoms with Crippen molar-refractivity contribution in [3.63, 3.8) is 0 Å². The number of hydrogen-bond donors (Lipinski definition) is 1. The zero-order valence-corrected chi connectivity index (χ0v) is 22.0. The van der Waals surface area contributed by atoms with Crippen molar-refractivity contribution in [2.45, 2.75) is 58.7 Å². The molecule has 2 aromatic heterocycles. The Morgan fingerprint density at radius 3 is 2.68 bits per heavy atom. The highest BCUT2D eigenvalue weighted by Crippen LogP contribution is 2.65. The van der Waals surface area contributed by atoms with Gasteiger partial charge in [0.25, 0.3) is 0 Å². The van der Waals surface area contributed by atoms with Crippen LogP contribution in [0.25, 0.3) is 0 Å². The van der Waals surface area contributed by atoms with E-state index in [0.29, 0.717) is 30.0 Å². The van der Waals surface area contributed by atoms with E-state index < -0.39 is 52.9 Å². The van der Waals surface area contributed by atoms with Gasteiger partial charge in [-0.25, -0.2) is 9.78 Å². The molecule has 1 saturated heterocycles. The number of aryl methyl sites for hydroxylation is 1. The zero-order chi connectivity index (χ0) is 26.5. The maximum Gasteiger partial charge on any atom is 0.414 e. The Bertz CT molecular complexity index is 1230. The first-order chi connectivity index (χ1) is 17.6. The molecule has 2 aromatic rings. The lowest BCUT2D eigenvalue weighted by Gasteiger charge is -2.60. The summed E-state index contributed by atoms with van der Waals surface area (Å²) in [6.07, 6.45) is 1.79. The first kappa shape index (κ1) is 25.4. The van der Waals surface area contributed by atoms with Gasteiger partial charge >= 0.3 is 18.0 Å². The molecule has 2 saturated carbocycles. The molecule has 5 rings (SSSR count). The average Bonchev–Trinajstić information content (AvgIpc) is 3.51. The van der Waals surface area contributed by atoms with Crippen molar-refractivity contribution in [1.82, 2.24) is 4.98 Å². The molecule has 10 nitrogen and oxygen atoms in total. The number of aromatic nitrogens is 1. The van der Waals surface area contributed by atoms with E-state index in [4.69, 9.17) is 18.6 Å². The van der Waals surface area contributed by atoms with Gasteiger partial charge in [0, 0.05) is 23.3 Å². The Hall–Kier alpha value is -3.21. The van der Waals surface area contributed by atoms with Gasteiger partial charge in [-0.05, 0) is 43.1 Å². The minimum absolute atomic E-state index is 0.0131. The summed E-state index contributed by atoms with van der Waals surface area (Å²) in [5.41, 5.74) is -0.165. The number of amides is 1. The number of hydrogen-bond acceptors (Lipinski definition) is 10. The van der Waals surface area contributed by atoms with Crippen molar-refractivity contribution in [3.05, 3.63) is 35.2 Å². The van der Waals surface area contributed by atoms with Crippen molar-refractivity contribution in [2.24, 2.45) is 28.6 Å². The Balaban J connectivity index is 1.49. The number of ketones is 1. The predicted octanol–water partition coefficient (Wildman–Crippen LogP) is 4.45. The number of nitrogens with zero attached hydrogens (tertiary/aromatic N) is 1. The molecule has 0 radical (unpaired) electrons. The minimum atomic E-state index is -1.18. The number of carbonyl (C=O) groups is 4. The maximum absolute atomic E-state index is 14.1. The van der Waals surface area contributed by atoms with Gasteiger partial charge in [0.2, 0.25) is 0 Å². The fraction of sp³-hybridized carbons (Fsp3) is 0.577. The van der Waals surface area contributed by atoms with Crippen LogP contribution in [0, 0.1) is 35.5 Å². The van der Waals surface area contributed by atoms with Gasteiger partial charge in [-0.1, -0.05) is 13.8 Å². The molecule has 1 N–H and O–H groups in total. The van der Waals surface area contributed by atoms with E-state index in [-0.39, 0.29) is 18.2 Å². The first-order valence-corrected chi connectivity index (χ1v) is 13.2. The van der Waals surface area contributed by atoms with E-state index in [1.54, 1.807) is 18.4 Å². The summed E-state index contributed by atoms with van der Waals surface area (Å²) >= 11 is 1.24. The van der Waals surface area contributed by atoms with Gasteiger partial charge in [-0.2, -0.15) is 0 Å². The first-order valence-electron chi connectivity index (χ1n) is 12.3. The summed E-state index contributed by atoms with van der Waals surface area (Å²) in [7, 11) is 1.31. The lowest BCUT2D eigenvalue weighted by Crippen LogP contribution is -2.64. The zero-order valence-electron chi connectivity index (χ0n) is 21.1. The standard InChI is InChI=1S/C26H30N2O8S/c1-13-12-37-23(27-13)28-24(32)36-17-9-16(21(30)33-4)25(2)7-5-15-22(31)35-18(14-6-8-34-11-14)10-26(15,3)20(25)19(17)29/h6,8,11-12,15-18,20H,5,7,9-10H2,1-4H3,(H,27,28,32)/t15-,16-,17-,18-,20-,25-,26-/m0/s1. The molecule has 1 amide bonds. The number of esters is 2. The second kappa shape index (κ2) is 9.27. The number of ether oxygens (including phenoxy) is 3. The molecular formula is C26H30N2O8S. The molecule has 2 aliphatic carbocycles. The molecule has 198 valence electrons. The van der Waals surface area contributed by atoms with Crippen LogP contribution in [0.15, 0.2) is 28.4 Å². The monoisotopic (exact) mass is 530 g/mol. The molecular weight excluding hydrogens is 500 g/mol. The molecule has 3 aliphatic rings. The molecule has 3 heterocycles. The van der Waals surface area contributed by atoms with E-state index >= 15 is 0 Å². The molecule has 0 unspecified atom stereocenters. The van der Waals surface area contributed by atoms with E-state index in [9.17, 15) is 19.2 Å². The van der Waals surface area contributed by atoms with Gasteiger partial charge < -0.3 is 18.6 Å². The predicted molar refractivity (Wildman–Crippen MR) is 130 cm³/mol. The van der Waals surface area contributed by atoms with Gasteiger partial charge in [0.05, 0.1) is 37.2 Å². The van der Waals surface area contributed by atoms with Crippen LogP contribution in [0.3, 0.4) is 0 Å². The summed E-state index contributed by atoms with van der Waals surface area (Å²) in [5, 5.41) is 4.69. The van der Waals surface area contributed by atoms with Crippen LogP contribution >= 0.6 is 11.3 Å². The van der Waals surface area contributed by atoms with Crippen LogP contribution in [0.5, 0.6) is 0 Å². The van der Waals surface area contributed by atoms with Crippen molar-refractivity contribution in [3.8, 4) is 0 Å². The van der Waals surface area contributed by atoms with E-state index in [2.05, 4.69) is 10.3 Å². The number of anilines is 1. The van der Waals surface area contributed by atoms with Gasteiger partial charge in [0.15, 0.2) is 17.0 Å². The highest BCUT2D eigenvalue weighted by molar-refractivity contribution is 7.13. The fourth-order valence-electron chi connectivity index (χ4n) is 6.92. The van der Waals surface area contributed by atoms with Crippen molar-refractivity contribution in [1.29, 1.82) is 0 Å². The van der Waals surface area contributed by atoms with Crippen molar-refractivity contribution < 1.29 is 37.8 Å². The number of nitrogens with one attached hydrogen (secondary N) is 1. The summed E-state index contributed by atoms with van der Waals surface area (Å²) in [6.45, 7) is 5.63. The highest BCUT2D eigenvalue weighted by atomic mass is 32.1. The lowest BCUT2D eigenvalue weighted by atomic mass is 9.43. The van der Waals surface area contributed by atoms with E-state index in [0.717, 1.165) is 5.69 Å². The Morgan fingerprint density at radius 1 is 1.24 bits per heavy atom. The van der Waals surface area contributed by atoms with E-state index in [1.807, 2.05) is 13.8 Å². The number of carbonyl (C=O) groups excluding carboxylic acids is 4. The van der Waals surface area contributed by atoms with Crippen LogP contribution in [0.2, 0.25) is 0 Å². The van der Waals surface area contributed by atoms with Crippen LogP contribution in [-0.2, 0) is 28.6 Å². The Kier molecular flexibility index (Phi) is 6.37. The smallest absolute Gasteiger partial charge is 0.414 e. The molecule has 11 heteroatoms. The second-order valence-electron chi connectivity index (χ2n) is 10.7. The number of methoxy groups -OCH3 is 1. The molecule has 0 bridgehead atoms. The Morgan fingerprint density at radius 2 is 2.03 bits per heavy atom. The largest absolute Gasteiger partial charge is 0.472 e. The Labute approximate surface area is 218 Å². The van der Waals surface area contributed by atoms with Gasteiger partial charge in [-0.15, -0.1) is 11.3 Å². The summed E-state index contributed by atoms with van der Waals surface area (Å²) in [4.78, 5) is 57.3.